The summed E-state index contributed by atoms with van der Waals surface area (Å²) in [5.74, 6) is -2.10. The third-order valence-corrected chi connectivity index (χ3v) is 4.70. The Morgan fingerprint density at radius 3 is 2.24 bits per heavy atom. The minimum Gasteiger partial charge on any atom is -0.493 e. The average molecular weight is 399 g/mol. The van der Waals surface area contributed by atoms with Gasteiger partial charge in [0.25, 0.3) is 0 Å². The van der Waals surface area contributed by atoms with Crippen molar-refractivity contribution in [2.45, 2.75) is 19.4 Å². The lowest BCUT2D eigenvalue weighted by atomic mass is 10.1. The summed E-state index contributed by atoms with van der Waals surface area (Å²) in [6, 6.07) is 12.8. The lowest BCUT2D eigenvalue weighted by Crippen LogP contribution is -2.25. The van der Waals surface area contributed by atoms with Crippen LogP contribution in [0.1, 0.15) is 11.3 Å². The van der Waals surface area contributed by atoms with Crippen LogP contribution in [-0.4, -0.2) is 39.4 Å². The summed E-state index contributed by atoms with van der Waals surface area (Å²) < 4.78 is 15.5. The van der Waals surface area contributed by atoms with E-state index in [4.69, 9.17) is 0 Å². The fraction of sp³-hybridized carbons (Fsp3) is 0.238. The molecule has 2 aromatic carbocycles. The molecule has 0 atom stereocenters. The molecule has 0 aliphatic heterocycles. The predicted molar refractivity (Wildman–Crippen MR) is 107 cm³/mol. The monoisotopic (exact) mass is 399 g/mol. The number of aromatic hydroxyl groups is 1. The first kappa shape index (κ1) is 20.2. The SMILES string of the molecule is CN(C)c1ccc(CCn2c(CC(=O)O)c(O)n(-c3ccc(F)cc3)c2=O)cc1. The van der Waals surface area contributed by atoms with E-state index in [-0.39, 0.29) is 17.9 Å². The number of halogens is 1. The normalized spacial score (nSPS) is 10.9. The zero-order valence-electron chi connectivity index (χ0n) is 16.2. The number of hydrogen-bond acceptors (Lipinski definition) is 4. The maximum atomic E-state index is 13.2. The second-order valence-corrected chi connectivity index (χ2v) is 6.90. The van der Waals surface area contributed by atoms with E-state index in [0.29, 0.717) is 6.42 Å². The van der Waals surface area contributed by atoms with Crippen LogP contribution in [0.5, 0.6) is 5.88 Å². The Bertz CT molecular complexity index is 1070. The molecular formula is C21H22FN3O4. The molecule has 0 aliphatic carbocycles. The Hall–Kier alpha value is -3.55. The van der Waals surface area contributed by atoms with Crippen molar-refractivity contribution in [3.05, 3.63) is 76.1 Å². The van der Waals surface area contributed by atoms with E-state index in [1.165, 1.54) is 28.8 Å². The standard InChI is InChI=1S/C21H22FN3O4/c1-23(2)16-7-3-14(4-8-16)11-12-24-18(13-19(26)27)20(28)25(21(24)29)17-9-5-15(22)6-10-17/h3-10,28H,11-13H2,1-2H3,(H,26,27). The van der Waals surface area contributed by atoms with Crippen molar-refractivity contribution in [2.24, 2.45) is 0 Å². The Morgan fingerprint density at radius 1 is 1.07 bits per heavy atom. The molecule has 8 heteroatoms. The third-order valence-electron chi connectivity index (χ3n) is 4.70. The van der Waals surface area contributed by atoms with E-state index in [1.807, 2.05) is 43.3 Å². The van der Waals surface area contributed by atoms with Crippen molar-refractivity contribution in [2.75, 3.05) is 19.0 Å². The van der Waals surface area contributed by atoms with Gasteiger partial charge in [0, 0.05) is 26.3 Å². The van der Waals surface area contributed by atoms with Crippen LogP contribution in [-0.2, 0) is 24.2 Å². The number of carboxylic acid groups (broad SMARTS) is 1. The van der Waals surface area contributed by atoms with Gasteiger partial charge in [0.1, 0.15) is 5.82 Å². The molecule has 0 saturated carbocycles. The number of nitrogens with zero attached hydrogens (tertiary/aromatic N) is 3. The van der Waals surface area contributed by atoms with Gasteiger partial charge in [0.05, 0.1) is 17.8 Å². The minimum atomic E-state index is -1.17. The molecule has 2 N–H and O–H groups in total. The van der Waals surface area contributed by atoms with Crippen LogP contribution in [0.4, 0.5) is 10.1 Å². The van der Waals surface area contributed by atoms with Crippen molar-refractivity contribution in [1.29, 1.82) is 0 Å². The third kappa shape index (κ3) is 4.31. The van der Waals surface area contributed by atoms with Gasteiger partial charge in [-0.25, -0.2) is 13.8 Å². The summed E-state index contributed by atoms with van der Waals surface area (Å²) in [7, 11) is 3.88. The highest BCUT2D eigenvalue weighted by Crippen LogP contribution is 2.22. The fourth-order valence-electron chi connectivity index (χ4n) is 3.15. The summed E-state index contributed by atoms with van der Waals surface area (Å²) in [6.45, 7) is 0.199. The Kier molecular flexibility index (Phi) is 5.72. The maximum Gasteiger partial charge on any atom is 0.335 e. The highest BCUT2D eigenvalue weighted by Gasteiger charge is 2.22. The lowest BCUT2D eigenvalue weighted by molar-refractivity contribution is -0.136. The summed E-state index contributed by atoms with van der Waals surface area (Å²) in [5.41, 5.74) is 1.71. The quantitative estimate of drug-likeness (QED) is 0.637. The first-order valence-corrected chi connectivity index (χ1v) is 9.05. The van der Waals surface area contributed by atoms with E-state index in [2.05, 4.69) is 0 Å². The predicted octanol–water partition coefficient (Wildman–Crippen LogP) is 2.42. The first-order valence-electron chi connectivity index (χ1n) is 9.05. The molecule has 0 unspecified atom stereocenters. The Morgan fingerprint density at radius 2 is 1.69 bits per heavy atom. The molecule has 0 radical (unpaired) electrons. The van der Waals surface area contributed by atoms with Gasteiger partial charge in [0.2, 0.25) is 5.88 Å². The molecule has 29 heavy (non-hydrogen) atoms. The highest BCUT2D eigenvalue weighted by atomic mass is 19.1. The molecule has 1 heterocycles. The van der Waals surface area contributed by atoms with E-state index in [0.717, 1.165) is 15.8 Å². The summed E-state index contributed by atoms with van der Waals surface area (Å²) in [5, 5.41) is 19.7. The minimum absolute atomic E-state index is 0.0109. The molecule has 3 aromatic rings. The molecule has 152 valence electrons. The largest absolute Gasteiger partial charge is 0.493 e. The van der Waals surface area contributed by atoms with Crippen LogP contribution < -0.4 is 10.6 Å². The average Bonchev–Trinajstić information content (AvgIpc) is 2.90. The van der Waals surface area contributed by atoms with Gasteiger partial charge >= 0.3 is 11.7 Å². The van der Waals surface area contributed by atoms with Crippen LogP contribution in [0, 0.1) is 5.82 Å². The van der Waals surface area contributed by atoms with Crippen LogP contribution in [0.2, 0.25) is 0 Å². The van der Waals surface area contributed by atoms with Crippen molar-refractivity contribution in [3.8, 4) is 11.6 Å². The van der Waals surface area contributed by atoms with Crippen LogP contribution in [0.3, 0.4) is 0 Å². The number of carbonyl (C=O) groups is 1. The van der Waals surface area contributed by atoms with E-state index in [9.17, 15) is 24.2 Å². The van der Waals surface area contributed by atoms with Gasteiger partial charge in [-0.3, -0.25) is 9.36 Å². The van der Waals surface area contributed by atoms with Gasteiger partial charge in [0.15, 0.2) is 0 Å². The number of imidazole rings is 1. The van der Waals surface area contributed by atoms with Gasteiger partial charge < -0.3 is 15.1 Å². The van der Waals surface area contributed by atoms with Gasteiger partial charge in [-0.15, -0.1) is 0 Å². The molecule has 0 aliphatic rings. The summed E-state index contributed by atoms with van der Waals surface area (Å²) in [6.07, 6.45) is -0.0259. The molecule has 1 aromatic heterocycles. The van der Waals surface area contributed by atoms with Crippen molar-refractivity contribution in [1.82, 2.24) is 9.13 Å². The Balaban J connectivity index is 1.96. The summed E-state index contributed by atoms with van der Waals surface area (Å²) >= 11 is 0. The van der Waals surface area contributed by atoms with Crippen LogP contribution >= 0.6 is 0 Å². The summed E-state index contributed by atoms with van der Waals surface area (Å²) in [4.78, 5) is 26.1. The maximum absolute atomic E-state index is 13.2. The first-order chi connectivity index (χ1) is 13.8. The van der Waals surface area contributed by atoms with E-state index < -0.39 is 29.8 Å². The molecular weight excluding hydrogens is 377 g/mol. The van der Waals surface area contributed by atoms with Crippen molar-refractivity contribution >= 4 is 11.7 Å². The molecule has 0 fully saturated rings. The van der Waals surface area contributed by atoms with Crippen molar-refractivity contribution < 1.29 is 19.4 Å². The van der Waals surface area contributed by atoms with Gasteiger partial charge in [-0.05, 0) is 48.4 Å². The number of benzene rings is 2. The fourth-order valence-corrected chi connectivity index (χ4v) is 3.15. The number of aliphatic carboxylic acids is 1. The topological polar surface area (TPSA) is 87.7 Å². The van der Waals surface area contributed by atoms with Gasteiger partial charge in [-0.1, -0.05) is 12.1 Å². The molecule has 0 amide bonds. The smallest absolute Gasteiger partial charge is 0.335 e. The second-order valence-electron chi connectivity index (χ2n) is 6.90. The number of aryl methyl sites for hydroxylation is 1. The highest BCUT2D eigenvalue weighted by molar-refractivity contribution is 5.70. The molecule has 0 bridgehead atoms. The number of rotatable bonds is 7. The number of anilines is 1. The van der Waals surface area contributed by atoms with E-state index in [1.54, 1.807) is 0 Å². The van der Waals surface area contributed by atoms with Crippen LogP contribution in [0.25, 0.3) is 5.69 Å². The molecule has 7 nitrogen and oxygen atoms in total. The number of hydrogen-bond donors (Lipinski definition) is 2. The number of aromatic nitrogens is 2. The zero-order valence-corrected chi connectivity index (χ0v) is 16.2. The van der Waals surface area contributed by atoms with Crippen molar-refractivity contribution in [3.63, 3.8) is 0 Å². The van der Waals surface area contributed by atoms with E-state index >= 15 is 0 Å². The molecule has 0 saturated heterocycles. The molecule has 3 rings (SSSR count). The van der Waals surface area contributed by atoms with Crippen LogP contribution in [0.15, 0.2) is 53.3 Å². The zero-order chi connectivity index (χ0) is 21.1. The second kappa shape index (κ2) is 8.22. The lowest BCUT2D eigenvalue weighted by Gasteiger charge is -2.13. The van der Waals surface area contributed by atoms with Gasteiger partial charge in [-0.2, -0.15) is 0 Å². The molecule has 0 spiro atoms. The number of carboxylic acids is 1. The Labute approximate surface area is 166 Å².